The van der Waals surface area contributed by atoms with Gasteiger partial charge in [0.05, 0.1) is 0 Å². The van der Waals surface area contributed by atoms with Gasteiger partial charge >= 0.3 is 46.4 Å². The van der Waals surface area contributed by atoms with Crippen LogP contribution < -0.4 is 0 Å². The van der Waals surface area contributed by atoms with E-state index in [9.17, 15) is 62.3 Å². The maximum atomic E-state index is 12.8. The molecule has 0 aliphatic carbocycles. The van der Waals surface area contributed by atoms with Crippen molar-refractivity contribution in [3.63, 3.8) is 0 Å². The van der Waals surface area contributed by atoms with E-state index in [4.69, 9.17) is 0 Å². The minimum absolute atomic E-state index is 2.22. The van der Waals surface area contributed by atoms with Crippen LogP contribution in [-0.2, 0) is 14.3 Å². The van der Waals surface area contributed by atoms with Crippen LogP contribution in [0.15, 0.2) is 0 Å². The Balaban J connectivity index is 5.68. The Bertz CT molecular complexity index is 502. The van der Waals surface area contributed by atoms with Gasteiger partial charge in [-0.15, -0.1) is 0 Å². The van der Waals surface area contributed by atoms with Gasteiger partial charge in [0.2, 0.25) is 0 Å². The minimum Gasteiger partial charge on any atom is -0.384 e. The molecule has 0 radical (unpaired) electrons. The molecule has 0 heterocycles. The Kier molecular flexibility index (Phi) is 5.97. The summed E-state index contributed by atoms with van der Waals surface area (Å²) in [5, 5.41) is -12.4. The average Bonchev–Trinajstić information content (AvgIpc) is 2.34. The smallest absolute Gasteiger partial charge is 0.384 e. The van der Waals surface area contributed by atoms with Gasteiger partial charge in [0.25, 0.3) is 0 Å². The molecular formula is C8Cl2F12O3. The highest BCUT2D eigenvalue weighted by atomic mass is 35.5. The van der Waals surface area contributed by atoms with Gasteiger partial charge in [-0.3, -0.25) is 0 Å². The van der Waals surface area contributed by atoms with Crippen LogP contribution in [0.3, 0.4) is 0 Å². The van der Waals surface area contributed by atoms with Crippen molar-refractivity contribution < 1.29 is 67.0 Å². The standard InChI is InChI=1S/C8Cl2F12O3/c9-7(19,20)5(15,16)3(11,12)1(23)25-2(24)4(13,14)6(17,18)8(10,21)22. The lowest BCUT2D eigenvalue weighted by Gasteiger charge is -2.29. The minimum atomic E-state index is -6.85. The molecule has 3 nitrogen and oxygen atoms in total. The first-order valence-corrected chi connectivity index (χ1v) is 5.72. The van der Waals surface area contributed by atoms with Crippen LogP contribution in [0.5, 0.6) is 0 Å². The summed E-state index contributed by atoms with van der Waals surface area (Å²) in [4.78, 5) is 21.1. The molecular weight excluding hydrogens is 443 g/mol. The summed E-state index contributed by atoms with van der Waals surface area (Å²) in [5.41, 5.74) is 0. The molecule has 0 atom stereocenters. The van der Waals surface area contributed by atoms with Gasteiger partial charge in [-0.25, -0.2) is 9.59 Å². The molecule has 0 rings (SSSR count). The predicted octanol–water partition coefficient (Wildman–Crippen LogP) is 4.26. The summed E-state index contributed by atoms with van der Waals surface area (Å²) >= 11 is 7.14. The van der Waals surface area contributed by atoms with Crippen molar-refractivity contribution in [1.82, 2.24) is 0 Å². The number of alkyl halides is 14. The molecule has 0 N–H and O–H groups in total. The first-order chi connectivity index (χ1) is 10.5. The fraction of sp³-hybridized carbons (Fsp3) is 0.750. The van der Waals surface area contributed by atoms with Crippen LogP contribution >= 0.6 is 23.2 Å². The van der Waals surface area contributed by atoms with Crippen LogP contribution in [0, 0.1) is 0 Å². The number of halogens is 14. The summed E-state index contributed by atoms with van der Waals surface area (Å²) in [6, 6.07) is 0. The number of hydrogen-bond donors (Lipinski definition) is 0. The zero-order chi connectivity index (χ0) is 20.9. The van der Waals surface area contributed by atoms with Gasteiger partial charge in [0, 0.05) is 0 Å². The maximum absolute atomic E-state index is 12.8. The van der Waals surface area contributed by atoms with E-state index >= 15 is 0 Å². The van der Waals surface area contributed by atoms with Crippen LogP contribution in [0.1, 0.15) is 0 Å². The fourth-order valence-corrected chi connectivity index (χ4v) is 1.06. The van der Waals surface area contributed by atoms with E-state index in [2.05, 4.69) is 27.9 Å². The van der Waals surface area contributed by atoms with Crippen molar-refractivity contribution in [2.45, 2.75) is 34.5 Å². The number of ether oxygens (including phenoxy) is 1. The van der Waals surface area contributed by atoms with Crippen LogP contribution in [0.25, 0.3) is 0 Å². The monoisotopic (exact) mass is 442 g/mol. The van der Waals surface area contributed by atoms with Crippen molar-refractivity contribution in [1.29, 1.82) is 0 Å². The first-order valence-electron chi connectivity index (χ1n) is 4.96. The van der Waals surface area contributed by atoms with E-state index in [-0.39, 0.29) is 0 Å². The van der Waals surface area contributed by atoms with E-state index in [1.54, 1.807) is 0 Å². The topological polar surface area (TPSA) is 43.4 Å². The summed E-state index contributed by atoms with van der Waals surface area (Å²) < 4.78 is 152. The highest BCUT2D eigenvalue weighted by Crippen LogP contribution is 2.50. The second-order valence-electron chi connectivity index (χ2n) is 3.97. The van der Waals surface area contributed by atoms with Crippen LogP contribution in [0.4, 0.5) is 52.7 Å². The molecule has 0 fully saturated rings. The number of hydrogen-bond acceptors (Lipinski definition) is 3. The molecule has 0 saturated carbocycles. The maximum Gasteiger partial charge on any atom is 0.412 e. The van der Waals surface area contributed by atoms with Crippen molar-refractivity contribution in [2.75, 3.05) is 0 Å². The lowest BCUT2D eigenvalue weighted by Crippen LogP contribution is -2.60. The lowest BCUT2D eigenvalue weighted by atomic mass is 10.1. The van der Waals surface area contributed by atoms with E-state index in [0.29, 0.717) is 0 Å². The number of rotatable bonds is 6. The second kappa shape index (κ2) is 6.25. The normalized spacial score (nSPS) is 15.1. The lowest BCUT2D eigenvalue weighted by molar-refractivity contribution is -0.290. The molecule has 17 heteroatoms. The van der Waals surface area contributed by atoms with E-state index in [1.165, 1.54) is 0 Å². The number of carbonyl (C=O) groups is 2. The van der Waals surface area contributed by atoms with Crippen molar-refractivity contribution >= 4 is 35.1 Å². The summed E-state index contributed by atoms with van der Waals surface area (Å²) in [5.74, 6) is -35.7. The zero-order valence-corrected chi connectivity index (χ0v) is 12.0. The molecule has 0 unspecified atom stereocenters. The van der Waals surface area contributed by atoms with Gasteiger partial charge in [-0.2, -0.15) is 52.7 Å². The van der Waals surface area contributed by atoms with Crippen LogP contribution in [0.2, 0.25) is 0 Å². The Morgan fingerprint density at radius 1 is 0.560 bits per heavy atom. The average molecular weight is 443 g/mol. The molecule has 0 aromatic rings. The quantitative estimate of drug-likeness (QED) is 0.267. The highest BCUT2D eigenvalue weighted by molar-refractivity contribution is 6.23. The predicted molar refractivity (Wildman–Crippen MR) is 52.5 cm³/mol. The van der Waals surface area contributed by atoms with Gasteiger partial charge in [0.15, 0.2) is 0 Å². The second-order valence-corrected chi connectivity index (χ2v) is 4.92. The third-order valence-electron chi connectivity index (χ3n) is 2.20. The van der Waals surface area contributed by atoms with Gasteiger partial charge in [0.1, 0.15) is 0 Å². The Labute approximate surface area is 137 Å². The fourth-order valence-electron chi connectivity index (χ4n) is 0.825. The van der Waals surface area contributed by atoms with Crippen LogP contribution in [-0.4, -0.2) is 46.4 Å². The number of carbonyl (C=O) groups excluding carboxylic acids is 2. The molecule has 25 heavy (non-hydrogen) atoms. The molecule has 0 amide bonds. The Morgan fingerprint density at radius 3 is 0.920 bits per heavy atom. The molecule has 0 aliphatic rings. The molecule has 148 valence electrons. The van der Waals surface area contributed by atoms with E-state index < -0.39 is 46.4 Å². The molecule has 0 spiro atoms. The van der Waals surface area contributed by atoms with E-state index in [0.717, 1.165) is 0 Å². The molecule has 0 aromatic carbocycles. The molecule has 0 aromatic heterocycles. The Morgan fingerprint density at radius 2 is 0.760 bits per heavy atom. The SMILES string of the molecule is O=C(OC(=O)C(F)(F)C(F)(F)C(F)(F)Cl)C(F)(F)C(F)(F)C(F)(F)Cl. The highest BCUT2D eigenvalue weighted by Gasteiger charge is 2.79. The zero-order valence-electron chi connectivity index (χ0n) is 10.5. The molecule has 0 bridgehead atoms. The third kappa shape index (κ3) is 3.85. The summed E-state index contributed by atoms with van der Waals surface area (Å²) in [6.07, 6.45) is 0. The third-order valence-corrected chi connectivity index (χ3v) is 2.67. The van der Waals surface area contributed by atoms with Gasteiger partial charge in [-0.1, -0.05) is 0 Å². The first kappa shape index (κ1) is 23.9. The Hall–Kier alpha value is -1.12. The van der Waals surface area contributed by atoms with Gasteiger partial charge in [-0.05, 0) is 23.2 Å². The summed E-state index contributed by atoms with van der Waals surface area (Å²) in [7, 11) is 0. The summed E-state index contributed by atoms with van der Waals surface area (Å²) in [6.45, 7) is 0. The van der Waals surface area contributed by atoms with Crippen molar-refractivity contribution in [3.8, 4) is 0 Å². The number of esters is 2. The van der Waals surface area contributed by atoms with E-state index in [1.807, 2.05) is 0 Å². The molecule has 0 saturated heterocycles. The van der Waals surface area contributed by atoms with Gasteiger partial charge < -0.3 is 4.74 Å². The molecule has 0 aliphatic heterocycles. The van der Waals surface area contributed by atoms with Crippen molar-refractivity contribution in [2.24, 2.45) is 0 Å². The largest absolute Gasteiger partial charge is 0.412 e. The van der Waals surface area contributed by atoms with Crippen molar-refractivity contribution in [3.05, 3.63) is 0 Å².